The highest BCUT2D eigenvalue weighted by molar-refractivity contribution is 5.49. The molecule has 0 aliphatic carbocycles. The Kier molecular flexibility index (Phi) is 3.81. The van der Waals surface area contributed by atoms with Crippen molar-refractivity contribution in [1.82, 2.24) is 5.32 Å². The zero-order valence-electron chi connectivity index (χ0n) is 10.7. The molecule has 1 aliphatic rings. The minimum Gasteiger partial charge on any atom is -0.492 e. The van der Waals surface area contributed by atoms with E-state index in [0.29, 0.717) is 18.2 Å². The Hall–Kier alpha value is -1.62. The molecule has 1 heterocycles. The SMILES string of the molecule is Cc1cc([N+](=O)[O-])c(C)cc1OC[C@@H]1CCCN1. The highest BCUT2D eigenvalue weighted by atomic mass is 16.6. The Morgan fingerprint density at radius 1 is 1.44 bits per heavy atom. The van der Waals surface area contributed by atoms with E-state index in [2.05, 4.69) is 5.32 Å². The quantitative estimate of drug-likeness (QED) is 0.658. The lowest BCUT2D eigenvalue weighted by molar-refractivity contribution is -0.385. The summed E-state index contributed by atoms with van der Waals surface area (Å²) in [6.07, 6.45) is 2.32. The van der Waals surface area contributed by atoms with Gasteiger partial charge >= 0.3 is 0 Å². The highest BCUT2D eigenvalue weighted by Gasteiger charge is 2.17. The number of nitro groups is 1. The Balaban J connectivity index is 2.08. The van der Waals surface area contributed by atoms with Crippen LogP contribution in [0.2, 0.25) is 0 Å². The van der Waals surface area contributed by atoms with E-state index in [9.17, 15) is 10.1 Å². The molecule has 0 unspecified atom stereocenters. The molecule has 1 aromatic rings. The molecule has 0 saturated carbocycles. The van der Waals surface area contributed by atoms with E-state index in [1.54, 1.807) is 19.1 Å². The van der Waals surface area contributed by atoms with Gasteiger partial charge in [-0.05, 0) is 44.9 Å². The van der Waals surface area contributed by atoms with Crippen molar-refractivity contribution in [3.63, 3.8) is 0 Å². The number of hydrogen-bond donors (Lipinski definition) is 1. The van der Waals surface area contributed by atoms with E-state index in [1.807, 2.05) is 6.92 Å². The summed E-state index contributed by atoms with van der Waals surface area (Å²) in [5.41, 5.74) is 1.60. The second-order valence-corrected chi connectivity index (χ2v) is 4.77. The zero-order chi connectivity index (χ0) is 13.1. The van der Waals surface area contributed by atoms with Gasteiger partial charge in [0.25, 0.3) is 5.69 Å². The lowest BCUT2D eigenvalue weighted by atomic mass is 10.1. The average molecular weight is 250 g/mol. The molecule has 0 amide bonds. The first-order valence-corrected chi connectivity index (χ1v) is 6.19. The molecular formula is C13H18N2O3. The number of benzene rings is 1. The van der Waals surface area contributed by atoms with E-state index in [0.717, 1.165) is 24.3 Å². The van der Waals surface area contributed by atoms with Crippen LogP contribution >= 0.6 is 0 Å². The number of nitrogens with zero attached hydrogens (tertiary/aromatic N) is 1. The molecule has 1 N–H and O–H groups in total. The average Bonchev–Trinajstić information content (AvgIpc) is 2.82. The van der Waals surface area contributed by atoms with Crippen LogP contribution in [-0.4, -0.2) is 24.1 Å². The van der Waals surface area contributed by atoms with Crippen LogP contribution in [-0.2, 0) is 0 Å². The molecule has 1 fully saturated rings. The Bertz CT molecular complexity index is 454. The van der Waals surface area contributed by atoms with Gasteiger partial charge < -0.3 is 10.1 Å². The summed E-state index contributed by atoms with van der Waals surface area (Å²) in [5, 5.41) is 14.2. The van der Waals surface area contributed by atoms with Crippen LogP contribution in [0.4, 0.5) is 5.69 Å². The van der Waals surface area contributed by atoms with E-state index < -0.39 is 0 Å². The van der Waals surface area contributed by atoms with Crippen molar-refractivity contribution in [3.05, 3.63) is 33.4 Å². The van der Waals surface area contributed by atoms with Crippen LogP contribution in [0.1, 0.15) is 24.0 Å². The van der Waals surface area contributed by atoms with Gasteiger partial charge in [0.2, 0.25) is 0 Å². The van der Waals surface area contributed by atoms with Gasteiger partial charge in [0, 0.05) is 17.7 Å². The fourth-order valence-corrected chi connectivity index (χ4v) is 2.22. The van der Waals surface area contributed by atoms with Crippen molar-refractivity contribution < 1.29 is 9.66 Å². The maximum Gasteiger partial charge on any atom is 0.272 e. The normalized spacial score (nSPS) is 18.9. The zero-order valence-corrected chi connectivity index (χ0v) is 10.7. The van der Waals surface area contributed by atoms with E-state index >= 15 is 0 Å². The van der Waals surface area contributed by atoms with E-state index in [-0.39, 0.29) is 10.6 Å². The molecule has 1 saturated heterocycles. The minimum atomic E-state index is -0.357. The predicted molar refractivity (Wildman–Crippen MR) is 69.1 cm³/mol. The first-order chi connectivity index (χ1) is 8.58. The summed E-state index contributed by atoms with van der Waals surface area (Å²) in [6.45, 7) is 5.24. The first kappa shape index (κ1) is 12.8. The van der Waals surface area contributed by atoms with Crippen molar-refractivity contribution in [2.45, 2.75) is 32.7 Å². The third-order valence-electron chi connectivity index (χ3n) is 3.29. The first-order valence-electron chi connectivity index (χ1n) is 6.19. The molecule has 0 radical (unpaired) electrons. The molecule has 0 bridgehead atoms. The van der Waals surface area contributed by atoms with Crippen LogP contribution in [0.25, 0.3) is 0 Å². The maximum atomic E-state index is 10.8. The highest BCUT2D eigenvalue weighted by Crippen LogP contribution is 2.27. The van der Waals surface area contributed by atoms with Gasteiger partial charge in [-0.15, -0.1) is 0 Å². The van der Waals surface area contributed by atoms with Gasteiger partial charge in [0.05, 0.1) is 4.92 Å². The molecule has 98 valence electrons. The molecule has 5 heteroatoms. The summed E-state index contributed by atoms with van der Waals surface area (Å²) in [4.78, 5) is 10.5. The Labute approximate surface area is 106 Å². The number of nitrogens with one attached hydrogen (secondary N) is 1. The van der Waals surface area contributed by atoms with Crippen LogP contribution in [0.15, 0.2) is 12.1 Å². The smallest absolute Gasteiger partial charge is 0.272 e. The summed E-state index contributed by atoms with van der Waals surface area (Å²) < 4.78 is 5.75. The van der Waals surface area contributed by atoms with Crippen molar-refractivity contribution in [3.8, 4) is 5.75 Å². The Morgan fingerprint density at radius 2 is 2.22 bits per heavy atom. The van der Waals surface area contributed by atoms with Crippen LogP contribution in [0.3, 0.4) is 0 Å². The summed E-state index contributed by atoms with van der Waals surface area (Å²) in [6, 6.07) is 3.73. The van der Waals surface area contributed by atoms with E-state index in [1.165, 1.54) is 6.42 Å². The standard InChI is InChI=1S/C13H18N2O3/c1-9-7-13(10(2)6-12(9)15(16)17)18-8-11-4-3-5-14-11/h6-7,11,14H,3-5,8H2,1-2H3/t11-/m0/s1. The predicted octanol–water partition coefficient (Wildman–Crippen LogP) is 2.34. The third-order valence-corrected chi connectivity index (χ3v) is 3.29. The van der Waals surface area contributed by atoms with Crippen molar-refractivity contribution in [2.75, 3.05) is 13.2 Å². The van der Waals surface area contributed by atoms with Crippen molar-refractivity contribution >= 4 is 5.69 Å². The lowest BCUT2D eigenvalue weighted by Gasteiger charge is -2.14. The topological polar surface area (TPSA) is 64.4 Å². The van der Waals surface area contributed by atoms with Crippen LogP contribution in [0.5, 0.6) is 5.75 Å². The lowest BCUT2D eigenvalue weighted by Crippen LogP contribution is -2.28. The van der Waals surface area contributed by atoms with Crippen molar-refractivity contribution in [1.29, 1.82) is 0 Å². The molecule has 5 nitrogen and oxygen atoms in total. The fraction of sp³-hybridized carbons (Fsp3) is 0.538. The molecule has 0 spiro atoms. The number of hydrogen-bond acceptors (Lipinski definition) is 4. The van der Waals surface area contributed by atoms with E-state index in [4.69, 9.17) is 4.74 Å². The third kappa shape index (κ3) is 2.79. The number of rotatable bonds is 4. The van der Waals surface area contributed by atoms with Gasteiger partial charge in [0.15, 0.2) is 0 Å². The summed E-state index contributed by atoms with van der Waals surface area (Å²) in [7, 11) is 0. The molecular weight excluding hydrogens is 232 g/mol. The molecule has 0 aromatic heterocycles. The molecule has 1 aromatic carbocycles. The summed E-state index contributed by atoms with van der Waals surface area (Å²) in [5.74, 6) is 0.742. The van der Waals surface area contributed by atoms with Gasteiger partial charge in [-0.2, -0.15) is 0 Å². The largest absolute Gasteiger partial charge is 0.492 e. The molecule has 2 rings (SSSR count). The van der Waals surface area contributed by atoms with Gasteiger partial charge in [-0.25, -0.2) is 0 Å². The second-order valence-electron chi connectivity index (χ2n) is 4.77. The van der Waals surface area contributed by atoms with Gasteiger partial charge in [0.1, 0.15) is 12.4 Å². The Morgan fingerprint density at radius 3 is 2.83 bits per heavy atom. The maximum absolute atomic E-state index is 10.8. The number of aryl methyl sites for hydroxylation is 2. The van der Waals surface area contributed by atoms with Gasteiger partial charge in [-0.3, -0.25) is 10.1 Å². The minimum absolute atomic E-state index is 0.152. The molecule has 1 aliphatic heterocycles. The number of nitro benzene ring substituents is 1. The van der Waals surface area contributed by atoms with Gasteiger partial charge in [-0.1, -0.05) is 0 Å². The second kappa shape index (κ2) is 5.35. The molecule has 1 atom stereocenters. The van der Waals surface area contributed by atoms with Crippen LogP contribution in [0, 0.1) is 24.0 Å². The number of ether oxygens (including phenoxy) is 1. The van der Waals surface area contributed by atoms with Crippen molar-refractivity contribution in [2.24, 2.45) is 0 Å². The summed E-state index contributed by atoms with van der Waals surface area (Å²) >= 11 is 0. The fourth-order valence-electron chi connectivity index (χ4n) is 2.22. The molecule has 18 heavy (non-hydrogen) atoms. The van der Waals surface area contributed by atoms with Crippen LogP contribution < -0.4 is 10.1 Å². The monoisotopic (exact) mass is 250 g/mol.